The smallest absolute Gasteiger partial charge is 0.251 e. The molecule has 0 fully saturated rings. The highest BCUT2D eigenvalue weighted by atomic mass is 16.5. The quantitative estimate of drug-likeness (QED) is 0.679. The first-order valence-electron chi connectivity index (χ1n) is 8.66. The maximum absolute atomic E-state index is 12.1. The zero-order valence-corrected chi connectivity index (χ0v) is 15.3. The average Bonchev–Trinajstić information content (AvgIpc) is 2.60. The number of hydrogen-bond donors (Lipinski definition) is 3. The third-order valence-corrected chi connectivity index (χ3v) is 3.40. The molecule has 0 saturated carbocycles. The van der Waals surface area contributed by atoms with E-state index in [4.69, 9.17) is 4.74 Å². The van der Waals surface area contributed by atoms with Gasteiger partial charge in [-0.1, -0.05) is 12.1 Å². The van der Waals surface area contributed by atoms with Crippen LogP contribution in [-0.4, -0.2) is 31.0 Å². The molecule has 6 heteroatoms. The van der Waals surface area contributed by atoms with Crippen LogP contribution < -0.4 is 20.7 Å². The summed E-state index contributed by atoms with van der Waals surface area (Å²) in [4.78, 5) is 24.0. The minimum atomic E-state index is -0.185. The number of ether oxygens (including phenoxy) is 1. The molecule has 0 unspecified atom stereocenters. The Kier molecular flexibility index (Phi) is 7.02. The van der Waals surface area contributed by atoms with Crippen LogP contribution in [-0.2, 0) is 4.79 Å². The van der Waals surface area contributed by atoms with Gasteiger partial charge in [0.15, 0.2) is 0 Å². The summed E-state index contributed by atoms with van der Waals surface area (Å²) in [7, 11) is 0. The maximum atomic E-state index is 12.1. The highest BCUT2D eigenvalue weighted by Gasteiger charge is 2.07. The fourth-order valence-corrected chi connectivity index (χ4v) is 2.34. The first kappa shape index (κ1) is 19.3. The van der Waals surface area contributed by atoms with Gasteiger partial charge in [0, 0.05) is 29.5 Å². The van der Waals surface area contributed by atoms with Gasteiger partial charge in [-0.05, 0) is 51.1 Å². The van der Waals surface area contributed by atoms with Crippen LogP contribution in [0.4, 0.5) is 11.4 Å². The lowest BCUT2D eigenvalue weighted by molar-refractivity contribution is -0.114. The first-order valence-corrected chi connectivity index (χ1v) is 8.66. The Morgan fingerprint density at radius 3 is 2.50 bits per heavy atom. The number of rotatable bonds is 8. The van der Waals surface area contributed by atoms with Crippen molar-refractivity contribution in [3.63, 3.8) is 0 Å². The van der Waals surface area contributed by atoms with Crippen LogP contribution in [0.2, 0.25) is 0 Å². The minimum absolute atomic E-state index is 0.0693. The number of carbonyl (C=O) groups excluding carboxylic acids is 2. The van der Waals surface area contributed by atoms with Gasteiger partial charge in [0.1, 0.15) is 5.75 Å². The predicted molar refractivity (Wildman–Crippen MR) is 104 cm³/mol. The molecule has 0 spiro atoms. The molecule has 0 aromatic heterocycles. The Morgan fingerprint density at radius 1 is 1.04 bits per heavy atom. The van der Waals surface area contributed by atoms with E-state index in [-0.39, 0.29) is 24.5 Å². The molecule has 0 saturated heterocycles. The molecule has 0 aliphatic carbocycles. The lowest BCUT2D eigenvalue weighted by Gasteiger charge is -2.12. The van der Waals surface area contributed by atoms with Crippen molar-refractivity contribution in [1.82, 2.24) is 5.32 Å². The lowest BCUT2D eigenvalue weighted by Crippen LogP contribution is -2.23. The van der Waals surface area contributed by atoms with Gasteiger partial charge in [-0.25, -0.2) is 0 Å². The number of carbonyl (C=O) groups is 2. The van der Waals surface area contributed by atoms with E-state index in [9.17, 15) is 9.59 Å². The molecule has 0 bridgehead atoms. The van der Waals surface area contributed by atoms with Crippen molar-refractivity contribution in [3.8, 4) is 5.75 Å². The molecule has 0 atom stereocenters. The van der Waals surface area contributed by atoms with Crippen LogP contribution in [0.25, 0.3) is 0 Å². The molecule has 3 N–H and O–H groups in total. The zero-order chi connectivity index (χ0) is 18.9. The van der Waals surface area contributed by atoms with Crippen LogP contribution in [0.5, 0.6) is 5.75 Å². The SMILES string of the molecule is CCNC(=O)c1cccc(NCC(=O)Nc2cccc(OC(C)C)c2)c1. The van der Waals surface area contributed by atoms with Crippen molar-refractivity contribution in [2.75, 3.05) is 23.7 Å². The second-order valence-electron chi connectivity index (χ2n) is 6.04. The van der Waals surface area contributed by atoms with Crippen LogP contribution >= 0.6 is 0 Å². The van der Waals surface area contributed by atoms with E-state index >= 15 is 0 Å². The molecule has 0 heterocycles. The predicted octanol–water partition coefficient (Wildman–Crippen LogP) is 3.27. The number of amides is 2. The number of anilines is 2. The molecular weight excluding hydrogens is 330 g/mol. The van der Waals surface area contributed by atoms with Gasteiger partial charge >= 0.3 is 0 Å². The summed E-state index contributed by atoms with van der Waals surface area (Å²) in [5.41, 5.74) is 1.93. The van der Waals surface area contributed by atoms with Crippen molar-refractivity contribution in [3.05, 3.63) is 54.1 Å². The summed E-state index contributed by atoms with van der Waals surface area (Å²) in [6.07, 6.45) is 0.0693. The van der Waals surface area contributed by atoms with Gasteiger partial charge in [0.2, 0.25) is 5.91 Å². The largest absolute Gasteiger partial charge is 0.491 e. The van der Waals surface area contributed by atoms with Gasteiger partial charge in [-0.2, -0.15) is 0 Å². The van der Waals surface area contributed by atoms with E-state index in [1.165, 1.54) is 0 Å². The first-order chi connectivity index (χ1) is 12.5. The van der Waals surface area contributed by atoms with E-state index in [0.717, 1.165) is 0 Å². The van der Waals surface area contributed by atoms with Gasteiger partial charge in [-0.15, -0.1) is 0 Å². The Labute approximate surface area is 153 Å². The van der Waals surface area contributed by atoms with Crippen molar-refractivity contribution in [1.29, 1.82) is 0 Å². The maximum Gasteiger partial charge on any atom is 0.251 e. The molecule has 0 aliphatic heterocycles. The van der Waals surface area contributed by atoms with Crippen LogP contribution in [0.15, 0.2) is 48.5 Å². The molecule has 0 aliphatic rings. The number of benzene rings is 2. The second kappa shape index (κ2) is 9.46. The molecule has 26 heavy (non-hydrogen) atoms. The topological polar surface area (TPSA) is 79.5 Å². The lowest BCUT2D eigenvalue weighted by atomic mass is 10.2. The van der Waals surface area contributed by atoms with E-state index in [0.29, 0.717) is 29.2 Å². The Balaban J connectivity index is 1.91. The highest BCUT2D eigenvalue weighted by molar-refractivity contribution is 5.96. The van der Waals surface area contributed by atoms with Gasteiger partial charge < -0.3 is 20.7 Å². The molecule has 138 valence electrons. The van der Waals surface area contributed by atoms with Crippen LogP contribution in [0.3, 0.4) is 0 Å². The standard InChI is InChI=1S/C20H25N3O3/c1-4-21-20(25)15-7-5-8-16(11-15)22-13-19(24)23-17-9-6-10-18(12-17)26-14(2)3/h5-12,14,22H,4,13H2,1-3H3,(H,21,25)(H,23,24). The summed E-state index contributed by atoms with van der Waals surface area (Å²) in [5.74, 6) is 0.387. The monoisotopic (exact) mass is 355 g/mol. The summed E-state index contributed by atoms with van der Waals surface area (Å²) in [5, 5.41) is 8.60. The molecule has 2 aromatic rings. The molecule has 6 nitrogen and oxygen atoms in total. The van der Waals surface area contributed by atoms with Gasteiger partial charge in [0.25, 0.3) is 5.91 Å². The Morgan fingerprint density at radius 2 is 1.77 bits per heavy atom. The number of nitrogens with one attached hydrogen (secondary N) is 3. The summed E-state index contributed by atoms with van der Waals surface area (Å²) >= 11 is 0. The van der Waals surface area contributed by atoms with Gasteiger partial charge in [-0.3, -0.25) is 9.59 Å². The van der Waals surface area contributed by atoms with E-state index < -0.39 is 0 Å². The Bertz CT molecular complexity index is 759. The van der Waals surface area contributed by atoms with Crippen molar-refractivity contribution in [2.24, 2.45) is 0 Å². The third-order valence-electron chi connectivity index (χ3n) is 3.40. The molecule has 2 amide bonds. The normalized spacial score (nSPS) is 10.3. The number of hydrogen-bond acceptors (Lipinski definition) is 4. The highest BCUT2D eigenvalue weighted by Crippen LogP contribution is 2.18. The van der Waals surface area contributed by atoms with Crippen molar-refractivity contribution < 1.29 is 14.3 Å². The van der Waals surface area contributed by atoms with Crippen LogP contribution in [0, 0.1) is 0 Å². The molecule has 2 rings (SSSR count). The zero-order valence-electron chi connectivity index (χ0n) is 15.3. The molecule has 0 radical (unpaired) electrons. The molecular formula is C20H25N3O3. The third kappa shape index (κ3) is 6.12. The molecule has 2 aromatic carbocycles. The average molecular weight is 355 g/mol. The van der Waals surface area contributed by atoms with E-state index in [1.807, 2.05) is 39.0 Å². The minimum Gasteiger partial charge on any atom is -0.491 e. The van der Waals surface area contributed by atoms with Gasteiger partial charge in [0.05, 0.1) is 12.6 Å². The van der Waals surface area contributed by atoms with Crippen molar-refractivity contribution >= 4 is 23.2 Å². The fraction of sp³-hybridized carbons (Fsp3) is 0.300. The van der Waals surface area contributed by atoms with E-state index in [2.05, 4.69) is 16.0 Å². The summed E-state index contributed by atoms with van der Waals surface area (Å²) < 4.78 is 5.62. The summed E-state index contributed by atoms with van der Waals surface area (Å²) in [6.45, 7) is 6.42. The van der Waals surface area contributed by atoms with Crippen LogP contribution in [0.1, 0.15) is 31.1 Å². The second-order valence-corrected chi connectivity index (χ2v) is 6.04. The fourth-order valence-electron chi connectivity index (χ4n) is 2.34. The Hall–Kier alpha value is -3.02. The van der Waals surface area contributed by atoms with E-state index in [1.54, 1.807) is 30.3 Å². The summed E-state index contributed by atoms with van der Waals surface area (Å²) in [6, 6.07) is 14.3. The van der Waals surface area contributed by atoms with Crippen molar-refractivity contribution in [2.45, 2.75) is 26.9 Å².